The highest BCUT2D eigenvalue weighted by molar-refractivity contribution is 5.72. The van der Waals surface area contributed by atoms with Crippen LogP contribution in [-0.2, 0) is 11.3 Å². The number of ether oxygens (including phenoxy) is 1. The molecule has 0 radical (unpaired) electrons. The van der Waals surface area contributed by atoms with E-state index in [1.54, 1.807) is 10.9 Å². The topological polar surface area (TPSA) is 159 Å². The first-order valence-corrected chi connectivity index (χ1v) is 11.6. The van der Waals surface area contributed by atoms with Gasteiger partial charge in [0.25, 0.3) is 0 Å². The number of benzene rings is 1. The third-order valence-electron chi connectivity index (χ3n) is 5.63. The smallest absolute Gasteiger partial charge is 0.402 e. The normalized spacial score (nSPS) is 13.5. The van der Waals surface area contributed by atoms with Gasteiger partial charge in [0.15, 0.2) is 11.2 Å². The van der Waals surface area contributed by atoms with Crippen molar-refractivity contribution >= 4 is 23.2 Å². The molecule has 1 aromatic carbocycles. The summed E-state index contributed by atoms with van der Waals surface area (Å²) in [4.78, 5) is 17.9. The lowest BCUT2D eigenvalue weighted by molar-refractivity contribution is 0.136. The molecule has 0 saturated heterocycles. The van der Waals surface area contributed by atoms with Gasteiger partial charge in [0.1, 0.15) is 0 Å². The van der Waals surface area contributed by atoms with Crippen LogP contribution in [0.5, 0.6) is 0 Å². The highest BCUT2D eigenvalue weighted by Gasteiger charge is 2.17. The van der Waals surface area contributed by atoms with Gasteiger partial charge in [0.05, 0.1) is 31.2 Å². The Labute approximate surface area is 202 Å². The predicted molar refractivity (Wildman–Crippen MR) is 130 cm³/mol. The number of carbonyl (C=O) groups is 1. The van der Waals surface area contributed by atoms with Gasteiger partial charge in [-0.1, -0.05) is 30.2 Å². The predicted octanol–water partition coefficient (Wildman–Crippen LogP) is 3.09. The molecule has 12 heteroatoms. The van der Waals surface area contributed by atoms with Crippen LogP contribution in [0.1, 0.15) is 32.6 Å². The molecule has 0 atom stereocenters. The summed E-state index contributed by atoms with van der Waals surface area (Å²) in [5, 5.41) is 23.6. The quantitative estimate of drug-likeness (QED) is 0.323. The number of nitrogens with zero attached hydrogens (tertiary/aromatic N) is 7. The summed E-state index contributed by atoms with van der Waals surface area (Å²) < 4.78 is 9.06. The molecule has 4 aromatic rings. The maximum Gasteiger partial charge on any atom is 0.402 e. The van der Waals surface area contributed by atoms with E-state index in [1.807, 2.05) is 36.1 Å². The summed E-state index contributed by atoms with van der Waals surface area (Å²) in [6, 6.07) is 8.62. The second kappa shape index (κ2) is 11.4. The van der Waals surface area contributed by atoms with Crippen LogP contribution in [0, 0.1) is 0 Å². The number of nitrogens with two attached hydrogens (primary N) is 1. The second-order valence-corrected chi connectivity index (χ2v) is 8.10. The highest BCUT2D eigenvalue weighted by Crippen LogP contribution is 2.23. The van der Waals surface area contributed by atoms with E-state index < -0.39 is 6.09 Å². The lowest BCUT2D eigenvalue weighted by Crippen LogP contribution is -2.16. The molecule has 1 fully saturated rings. The van der Waals surface area contributed by atoms with Crippen molar-refractivity contribution < 1.29 is 14.6 Å². The van der Waals surface area contributed by atoms with E-state index in [4.69, 9.17) is 14.6 Å². The van der Waals surface area contributed by atoms with Crippen molar-refractivity contribution in [2.24, 2.45) is 5.73 Å². The largest absolute Gasteiger partial charge is 0.465 e. The number of rotatable bonds is 8. The van der Waals surface area contributed by atoms with Gasteiger partial charge in [0.2, 0.25) is 5.95 Å². The molecule has 0 bridgehead atoms. The van der Waals surface area contributed by atoms with E-state index in [1.165, 1.54) is 25.7 Å². The van der Waals surface area contributed by atoms with Crippen LogP contribution in [0.25, 0.3) is 28.0 Å². The Kier molecular flexibility index (Phi) is 7.83. The molecule has 12 nitrogen and oxygen atoms in total. The van der Waals surface area contributed by atoms with E-state index in [2.05, 4.69) is 48.6 Å². The minimum atomic E-state index is -1.33. The van der Waals surface area contributed by atoms with Crippen LogP contribution in [0.3, 0.4) is 0 Å². The van der Waals surface area contributed by atoms with Crippen LogP contribution in [0.15, 0.2) is 42.9 Å². The van der Waals surface area contributed by atoms with Crippen molar-refractivity contribution in [2.75, 3.05) is 18.5 Å². The SMILES string of the molecule is CCOCCn1cc(-c2ccc(-n3nnc4cnc(NC5CCCC5)nc43)cc2)cn1.NC(=O)O. The number of anilines is 1. The maximum absolute atomic E-state index is 8.78. The zero-order chi connectivity index (χ0) is 24.6. The van der Waals surface area contributed by atoms with Crippen LogP contribution in [-0.4, -0.2) is 65.2 Å². The standard InChI is InChI=1S/C22H26N8O.CH3NO2/c1-2-31-12-11-29-15-17(13-24-29)16-7-9-19(10-8-16)30-21-20(27-28-30)14-23-22(26-21)25-18-5-3-4-6-18;2-1(3)4/h7-10,13-15,18H,2-6,11-12H2,1H3,(H,23,25,26);2H2,(H,3,4). The number of aromatic nitrogens is 7. The summed E-state index contributed by atoms with van der Waals surface area (Å²) >= 11 is 0. The lowest BCUT2D eigenvalue weighted by Gasteiger charge is -2.11. The minimum Gasteiger partial charge on any atom is -0.465 e. The van der Waals surface area contributed by atoms with Gasteiger partial charge < -0.3 is 20.9 Å². The van der Waals surface area contributed by atoms with E-state index in [0.717, 1.165) is 30.0 Å². The third kappa shape index (κ3) is 6.29. The van der Waals surface area contributed by atoms with Crippen molar-refractivity contribution in [3.8, 4) is 16.8 Å². The summed E-state index contributed by atoms with van der Waals surface area (Å²) in [6.45, 7) is 4.12. The fourth-order valence-electron chi connectivity index (χ4n) is 3.96. The molecular formula is C23H29N9O3. The van der Waals surface area contributed by atoms with Crippen molar-refractivity contribution in [1.29, 1.82) is 0 Å². The Morgan fingerprint density at radius 3 is 2.66 bits per heavy atom. The number of nitrogens with one attached hydrogen (secondary N) is 1. The monoisotopic (exact) mass is 479 g/mol. The summed E-state index contributed by atoms with van der Waals surface area (Å²) in [6.07, 6.45) is 9.17. The Bertz CT molecular complexity index is 1240. The van der Waals surface area contributed by atoms with Gasteiger partial charge in [-0.05, 0) is 37.5 Å². The first kappa shape index (κ1) is 24.1. The lowest BCUT2D eigenvalue weighted by atomic mass is 10.1. The molecule has 3 heterocycles. The molecule has 3 aromatic heterocycles. The van der Waals surface area contributed by atoms with Crippen LogP contribution >= 0.6 is 0 Å². The Hall–Kier alpha value is -4.06. The van der Waals surface area contributed by atoms with Crippen molar-refractivity contribution in [1.82, 2.24) is 34.7 Å². The molecule has 0 unspecified atom stereocenters. The molecule has 4 N–H and O–H groups in total. The molecule has 184 valence electrons. The van der Waals surface area contributed by atoms with Gasteiger partial charge in [-0.25, -0.2) is 9.78 Å². The molecule has 0 aliphatic heterocycles. The fraction of sp³-hybridized carbons (Fsp3) is 0.391. The number of primary amides is 1. The van der Waals surface area contributed by atoms with Gasteiger partial charge >= 0.3 is 6.09 Å². The van der Waals surface area contributed by atoms with Gasteiger partial charge in [-0.15, -0.1) is 5.10 Å². The average Bonchev–Trinajstić information content (AvgIpc) is 3.60. The van der Waals surface area contributed by atoms with Crippen molar-refractivity contribution in [3.05, 3.63) is 42.9 Å². The van der Waals surface area contributed by atoms with E-state index >= 15 is 0 Å². The van der Waals surface area contributed by atoms with Crippen LogP contribution in [0.4, 0.5) is 10.7 Å². The molecule has 1 aliphatic carbocycles. The van der Waals surface area contributed by atoms with Crippen LogP contribution < -0.4 is 11.1 Å². The summed E-state index contributed by atoms with van der Waals surface area (Å²) in [5.41, 5.74) is 8.47. The Morgan fingerprint density at radius 2 is 1.94 bits per heavy atom. The number of fused-ring (bicyclic) bond motifs is 1. The van der Waals surface area contributed by atoms with Gasteiger partial charge in [0, 0.05) is 24.4 Å². The Balaban J connectivity index is 0.000000672. The molecular weight excluding hydrogens is 450 g/mol. The number of carboxylic acid groups (broad SMARTS) is 1. The first-order chi connectivity index (χ1) is 17.0. The summed E-state index contributed by atoms with van der Waals surface area (Å²) in [7, 11) is 0. The maximum atomic E-state index is 8.78. The highest BCUT2D eigenvalue weighted by atomic mass is 16.5. The minimum absolute atomic E-state index is 0.454. The molecule has 35 heavy (non-hydrogen) atoms. The third-order valence-corrected chi connectivity index (χ3v) is 5.63. The Morgan fingerprint density at radius 1 is 1.20 bits per heavy atom. The van der Waals surface area contributed by atoms with E-state index in [0.29, 0.717) is 29.8 Å². The summed E-state index contributed by atoms with van der Waals surface area (Å²) in [5.74, 6) is 0.638. The molecule has 5 rings (SSSR count). The van der Waals surface area contributed by atoms with Gasteiger partial charge in [-0.2, -0.15) is 14.8 Å². The molecule has 1 amide bonds. The number of hydrogen-bond acceptors (Lipinski definition) is 8. The second-order valence-electron chi connectivity index (χ2n) is 8.10. The number of hydrogen-bond donors (Lipinski definition) is 3. The first-order valence-electron chi connectivity index (χ1n) is 11.6. The zero-order valence-corrected chi connectivity index (χ0v) is 19.5. The molecule has 0 spiro atoms. The zero-order valence-electron chi connectivity index (χ0n) is 19.5. The molecule has 1 aliphatic rings. The van der Waals surface area contributed by atoms with Crippen LogP contribution in [0.2, 0.25) is 0 Å². The van der Waals surface area contributed by atoms with E-state index in [-0.39, 0.29) is 0 Å². The van der Waals surface area contributed by atoms with E-state index in [9.17, 15) is 0 Å². The molecule has 1 saturated carbocycles. The fourth-order valence-corrected chi connectivity index (χ4v) is 3.96. The number of amides is 1. The van der Waals surface area contributed by atoms with Crippen molar-refractivity contribution in [3.63, 3.8) is 0 Å². The average molecular weight is 480 g/mol. The van der Waals surface area contributed by atoms with Gasteiger partial charge in [-0.3, -0.25) is 4.68 Å². The van der Waals surface area contributed by atoms with Crippen molar-refractivity contribution in [2.45, 2.75) is 45.2 Å².